The maximum Gasteiger partial charge on any atom is 0.274 e. The second kappa shape index (κ2) is 4.08. The molecule has 1 aliphatic carbocycles. The summed E-state index contributed by atoms with van der Waals surface area (Å²) in [5.74, 6) is -0.560. The number of nitro groups is 1. The predicted molar refractivity (Wildman–Crippen MR) is 59.1 cm³/mol. The van der Waals surface area contributed by atoms with Crippen LogP contribution in [0.25, 0.3) is 0 Å². The van der Waals surface area contributed by atoms with Crippen LogP contribution >= 0.6 is 0 Å². The minimum absolute atomic E-state index is 0.193. The van der Waals surface area contributed by atoms with Gasteiger partial charge in [0.15, 0.2) is 0 Å². The Labute approximate surface area is 92.8 Å². The highest BCUT2D eigenvalue weighted by atomic mass is 19.1. The number of nitro benzene ring substituents is 1. The van der Waals surface area contributed by atoms with Crippen LogP contribution < -0.4 is 4.90 Å². The zero-order valence-corrected chi connectivity index (χ0v) is 9.02. The van der Waals surface area contributed by atoms with Crippen molar-refractivity contribution in [2.24, 2.45) is 0 Å². The third-order valence-electron chi connectivity index (χ3n) is 3.11. The summed E-state index contributed by atoms with van der Waals surface area (Å²) >= 11 is 0. The minimum Gasteiger partial charge on any atom is -0.371 e. The lowest BCUT2D eigenvalue weighted by atomic mass is 9.91. The van der Waals surface area contributed by atoms with Crippen molar-refractivity contribution in [1.82, 2.24) is 0 Å². The van der Waals surface area contributed by atoms with Crippen LogP contribution in [-0.4, -0.2) is 18.0 Å². The lowest BCUT2D eigenvalue weighted by molar-refractivity contribution is -0.385. The molecule has 0 heterocycles. The third kappa shape index (κ3) is 1.98. The van der Waals surface area contributed by atoms with E-state index < -0.39 is 10.7 Å². The fraction of sp³-hybridized carbons (Fsp3) is 0.455. The SMILES string of the molecule is CN(c1cc(F)cc([N+](=O)[O-])c1)C1CCC1. The van der Waals surface area contributed by atoms with E-state index in [1.165, 1.54) is 18.6 Å². The zero-order chi connectivity index (χ0) is 11.7. The number of anilines is 1. The summed E-state index contributed by atoms with van der Waals surface area (Å²) < 4.78 is 13.2. The Morgan fingerprint density at radius 1 is 1.44 bits per heavy atom. The topological polar surface area (TPSA) is 46.4 Å². The van der Waals surface area contributed by atoms with E-state index in [2.05, 4.69) is 0 Å². The van der Waals surface area contributed by atoms with Crippen molar-refractivity contribution in [3.05, 3.63) is 34.1 Å². The molecule has 0 spiro atoms. The molecule has 2 rings (SSSR count). The fourth-order valence-corrected chi connectivity index (χ4v) is 1.85. The van der Waals surface area contributed by atoms with Crippen molar-refractivity contribution >= 4 is 11.4 Å². The van der Waals surface area contributed by atoms with Crippen LogP contribution in [-0.2, 0) is 0 Å². The lowest BCUT2D eigenvalue weighted by Crippen LogP contribution is -2.37. The molecule has 0 N–H and O–H groups in total. The van der Waals surface area contributed by atoms with Gasteiger partial charge in [0, 0.05) is 24.8 Å². The Morgan fingerprint density at radius 3 is 2.62 bits per heavy atom. The molecule has 0 amide bonds. The average molecular weight is 224 g/mol. The van der Waals surface area contributed by atoms with Crippen molar-refractivity contribution in [2.45, 2.75) is 25.3 Å². The molecule has 16 heavy (non-hydrogen) atoms. The molecule has 1 aliphatic rings. The van der Waals surface area contributed by atoms with Crippen molar-refractivity contribution in [2.75, 3.05) is 11.9 Å². The number of hydrogen-bond acceptors (Lipinski definition) is 3. The maximum atomic E-state index is 13.2. The van der Waals surface area contributed by atoms with Gasteiger partial charge in [-0.05, 0) is 25.3 Å². The van der Waals surface area contributed by atoms with Gasteiger partial charge < -0.3 is 4.90 Å². The van der Waals surface area contributed by atoms with Crippen molar-refractivity contribution in [1.29, 1.82) is 0 Å². The molecule has 1 fully saturated rings. The first-order valence-corrected chi connectivity index (χ1v) is 5.26. The summed E-state index contributed by atoms with van der Waals surface area (Å²) in [6, 6.07) is 4.09. The molecule has 4 nitrogen and oxygen atoms in total. The number of hydrogen-bond donors (Lipinski definition) is 0. The second-order valence-electron chi connectivity index (χ2n) is 4.12. The van der Waals surface area contributed by atoms with Gasteiger partial charge in [-0.3, -0.25) is 10.1 Å². The highest BCUT2D eigenvalue weighted by molar-refractivity contribution is 5.54. The van der Waals surface area contributed by atoms with Crippen LogP contribution in [0.1, 0.15) is 19.3 Å². The predicted octanol–water partition coefficient (Wildman–Crippen LogP) is 2.72. The number of rotatable bonds is 3. The summed E-state index contributed by atoms with van der Waals surface area (Å²) in [7, 11) is 1.85. The number of halogens is 1. The van der Waals surface area contributed by atoms with E-state index >= 15 is 0 Å². The summed E-state index contributed by atoms with van der Waals surface area (Å²) in [4.78, 5) is 11.9. The second-order valence-corrected chi connectivity index (χ2v) is 4.12. The fourth-order valence-electron chi connectivity index (χ4n) is 1.85. The Bertz CT molecular complexity index is 418. The van der Waals surface area contributed by atoms with E-state index in [4.69, 9.17) is 0 Å². The van der Waals surface area contributed by atoms with Gasteiger partial charge in [-0.2, -0.15) is 0 Å². The molecular formula is C11H13FN2O2. The molecule has 0 bridgehead atoms. The molecule has 5 heteroatoms. The molecule has 0 unspecified atom stereocenters. The Balaban J connectivity index is 2.28. The molecule has 0 atom stereocenters. The Kier molecular flexibility index (Phi) is 2.77. The quantitative estimate of drug-likeness (QED) is 0.585. The van der Waals surface area contributed by atoms with Gasteiger partial charge in [-0.25, -0.2) is 4.39 Å². The third-order valence-corrected chi connectivity index (χ3v) is 3.11. The largest absolute Gasteiger partial charge is 0.371 e. The zero-order valence-electron chi connectivity index (χ0n) is 9.02. The van der Waals surface area contributed by atoms with E-state index in [0.29, 0.717) is 11.7 Å². The molecule has 86 valence electrons. The average Bonchev–Trinajstić information content (AvgIpc) is 2.13. The van der Waals surface area contributed by atoms with Crippen LogP contribution in [0.4, 0.5) is 15.8 Å². The summed E-state index contributed by atoms with van der Waals surface area (Å²) in [6.07, 6.45) is 3.31. The molecular weight excluding hydrogens is 211 g/mol. The Morgan fingerprint density at radius 2 is 2.12 bits per heavy atom. The van der Waals surface area contributed by atoms with Gasteiger partial charge in [0.05, 0.1) is 11.0 Å². The van der Waals surface area contributed by atoms with Crippen LogP contribution in [0, 0.1) is 15.9 Å². The summed E-state index contributed by atoms with van der Waals surface area (Å²) in [5.41, 5.74) is 0.387. The first-order valence-electron chi connectivity index (χ1n) is 5.26. The van der Waals surface area contributed by atoms with Crippen LogP contribution in [0.5, 0.6) is 0 Å². The lowest BCUT2D eigenvalue weighted by Gasteiger charge is -2.36. The minimum atomic E-state index is -0.568. The molecule has 1 aromatic rings. The summed E-state index contributed by atoms with van der Waals surface area (Å²) in [6.45, 7) is 0. The van der Waals surface area contributed by atoms with Crippen molar-refractivity contribution in [3.8, 4) is 0 Å². The van der Waals surface area contributed by atoms with Crippen LogP contribution in [0.2, 0.25) is 0 Å². The maximum absolute atomic E-state index is 13.2. The summed E-state index contributed by atoms with van der Waals surface area (Å²) in [5, 5.41) is 10.6. The van der Waals surface area contributed by atoms with Crippen molar-refractivity contribution in [3.63, 3.8) is 0 Å². The molecule has 1 saturated carbocycles. The van der Waals surface area contributed by atoms with E-state index in [0.717, 1.165) is 18.9 Å². The number of non-ortho nitro benzene ring substituents is 1. The van der Waals surface area contributed by atoms with E-state index in [1.54, 1.807) is 0 Å². The van der Waals surface area contributed by atoms with Gasteiger partial charge in [-0.1, -0.05) is 0 Å². The first-order chi connectivity index (χ1) is 7.58. The Hall–Kier alpha value is -1.65. The van der Waals surface area contributed by atoms with Crippen LogP contribution in [0.15, 0.2) is 18.2 Å². The highest BCUT2D eigenvalue weighted by Crippen LogP contribution is 2.30. The van der Waals surface area contributed by atoms with Gasteiger partial charge >= 0.3 is 0 Å². The van der Waals surface area contributed by atoms with E-state index in [9.17, 15) is 14.5 Å². The van der Waals surface area contributed by atoms with Crippen molar-refractivity contribution < 1.29 is 9.31 Å². The smallest absolute Gasteiger partial charge is 0.274 e. The normalized spacial score (nSPS) is 15.6. The van der Waals surface area contributed by atoms with Gasteiger partial charge in [0.1, 0.15) is 5.82 Å². The monoisotopic (exact) mass is 224 g/mol. The van der Waals surface area contributed by atoms with Gasteiger partial charge in [-0.15, -0.1) is 0 Å². The highest BCUT2D eigenvalue weighted by Gasteiger charge is 2.23. The number of benzene rings is 1. The van der Waals surface area contributed by atoms with E-state index in [-0.39, 0.29) is 5.69 Å². The van der Waals surface area contributed by atoms with Gasteiger partial charge in [0.2, 0.25) is 0 Å². The molecule has 0 saturated heterocycles. The molecule has 0 aromatic heterocycles. The van der Waals surface area contributed by atoms with E-state index in [1.807, 2.05) is 11.9 Å². The molecule has 0 aliphatic heterocycles. The molecule has 1 aromatic carbocycles. The van der Waals surface area contributed by atoms with Gasteiger partial charge in [0.25, 0.3) is 5.69 Å². The number of nitrogens with zero attached hydrogens (tertiary/aromatic N) is 2. The standard InChI is InChI=1S/C11H13FN2O2/c1-13(9-3-2-4-9)10-5-8(12)6-11(7-10)14(15)16/h5-7,9H,2-4H2,1H3. The van der Waals surface area contributed by atoms with Crippen LogP contribution in [0.3, 0.4) is 0 Å². The molecule has 0 radical (unpaired) electrons. The first kappa shape index (κ1) is 10.9.